The van der Waals surface area contributed by atoms with Crippen LogP contribution in [0.2, 0.25) is 0 Å². The first kappa shape index (κ1) is 20.3. The summed E-state index contributed by atoms with van der Waals surface area (Å²) >= 11 is 4.76. The number of aromatic hydroxyl groups is 1. The number of nitrogens with one attached hydrogen (secondary N) is 1. The first-order valence-corrected chi connectivity index (χ1v) is 10.2. The summed E-state index contributed by atoms with van der Waals surface area (Å²) in [5, 5.41) is 12.2. The molecule has 0 aliphatic carbocycles. The van der Waals surface area contributed by atoms with Crippen LogP contribution >= 0.6 is 12.2 Å². The van der Waals surface area contributed by atoms with Crippen molar-refractivity contribution in [2.45, 2.75) is 4.90 Å². The van der Waals surface area contributed by atoms with Crippen molar-refractivity contribution in [3.63, 3.8) is 0 Å². The topological polar surface area (TPSA) is 113 Å². The van der Waals surface area contributed by atoms with Gasteiger partial charge in [-0.05, 0) is 72.9 Å². The number of amides is 1. The zero-order valence-corrected chi connectivity index (χ0v) is 16.7. The summed E-state index contributed by atoms with van der Waals surface area (Å²) in [4.78, 5) is 13.0. The van der Waals surface area contributed by atoms with Crippen molar-refractivity contribution in [3.8, 4) is 5.75 Å². The molecule has 0 saturated heterocycles. The molecule has 0 fully saturated rings. The van der Waals surface area contributed by atoms with Gasteiger partial charge in [-0.1, -0.05) is 18.2 Å². The number of carbonyl (C=O) groups is 1. The van der Waals surface area contributed by atoms with E-state index in [4.69, 9.17) is 18.0 Å². The molecule has 0 heterocycles. The van der Waals surface area contributed by atoms with Crippen LogP contribution in [0.25, 0.3) is 0 Å². The minimum atomic E-state index is -4.23. The SMILES string of the molecule is NC(=S)Nc1ccc(S(=O)(=O)N(C(=O)c2ccc(O)cc2)c2ccccc2)cc1. The maximum atomic E-state index is 13.3. The number of sulfonamides is 1. The quantitative estimate of drug-likeness (QED) is 0.536. The Morgan fingerprint density at radius 1 is 0.931 bits per heavy atom. The molecule has 29 heavy (non-hydrogen) atoms. The van der Waals surface area contributed by atoms with Crippen molar-refractivity contribution in [3.05, 3.63) is 84.4 Å². The van der Waals surface area contributed by atoms with Crippen LogP contribution in [0.15, 0.2) is 83.8 Å². The van der Waals surface area contributed by atoms with Crippen LogP contribution in [0.1, 0.15) is 10.4 Å². The van der Waals surface area contributed by atoms with Gasteiger partial charge in [0.1, 0.15) is 5.75 Å². The normalized spacial score (nSPS) is 10.9. The molecule has 0 spiro atoms. The lowest BCUT2D eigenvalue weighted by atomic mass is 10.2. The highest BCUT2D eigenvalue weighted by Crippen LogP contribution is 2.27. The smallest absolute Gasteiger partial charge is 0.272 e. The Hall–Kier alpha value is -3.43. The second-order valence-corrected chi connectivity index (χ2v) is 8.20. The number of benzene rings is 3. The number of carbonyl (C=O) groups excluding carboxylic acids is 1. The largest absolute Gasteiger partial charge is 0.508 e. The summed E-state index contributed by atoms with van der Waals surface area (Å²) in [7, 11) is -4.23. The zero-order chi connectivity index (χ0) is 21.0. The van der Waals surface area contributed by atoms with Crippen molar-refractivity contribution in [1.82, 2.24) is 0 Å². The molecule has 7 nitrogen and oxygen atoms in total. The molecule has 0 bridgehead atoms. The van der Waals surface area contributed by atoms with Crippen molar-refractivity contribution in [2.24, 2.45) is 5.73 Å². The molecule has 1 amide bonds. The maximum absolute atomic E-state index is 13.3. The van der Waals surface area contributed by atoms with Gasteiger partial charge in [0.25, 0.3) is 15.9 Å². The highest BCUT2D eigenvalue weighted by atomic mass is 32.2. The Morgan fingerprint density at radius 3 is 2.07 bits per heavy atom. The lowest BCUT2D eigenvalue weighted by Crippen LogP contribution is -2.37. The van der Waals surface area contributed by atoms with Gasteiger partial charge in [-0.25, -0.2) is 8.42 Å². The van der Waals surface area contributed by atoms with Crippen LogP contribution in [0.3, 0.4) is 0 Å². The number of phenols is 1. The number of rotatable bonds is 5. The van der Waals surface area contributed by atoms with Crippen LogP contribution in [0.4, 0.5) is 11.4 Å². The molecular formula is C20H17N3O4S2. The van der Waals surface area contributed by atoms with Crippen LogP contribution in [0.5, 0.6) is 5.75 Å². The average molecular weight is 428 g/mol. The molecule has 148 valence electrons. The molecule has 0 aromatic heterocycles. The highest BCUT2D eigenvalue weighted by Gasteiger charge is 2.31. The number of thiocarbonyl (C=S) groups is 1. The summed E-state index contributed by atoms with van der Waals surface area (Å²) in [6.07, 6.45) is 0. The van der Waals surface area contributed by atoms with Crippen molar-refractivity contribution in [2.75, 3.05) is 9.62 Å². The fraction of sp³-hybridized carbons (Fsp3) is 0. The van der Waals surface area contributed by atoms with Gasteiger partial charge in [-0.15, -0.1) is 0 Å². The monoisotopic (exact) mass is 427 g/mol. The van der Waals surface area contributed by atoms with E-state index in [2.05, 4.69) is 5.32 Å². The second-order valence-electron chi connectivity index (χ2n) is 5.97. The Balaban J connectivity index is 2.06. The van der Waals surface area contributed by atoms with Gasteiger partial charge in [0.05, 0.1) is 10.6 Å². The van der Waals surface area contributed by atoms with E-state index < -0.39 is 15.9 Å². The average Bonchev–Trinajstić information content (AvgIpc) is 2.69. The molecule has 0 aliphatic heterocycles. The number of phenolic OH excluding ortho intramolecular Hbond substituents is 1. The van der Waals surface area contributed by atoms with Crippen molar-refractivity contribution in [1.29, 1.82) is 0 Å². The van der Waals surface area contributed by atoms with E-state index in [0.717, 1.165) is 4.31 Å². The fourth-order valence-electron chi connectivity index (χ4n) is 2.61. The van der Waals surface area contributed by atoms with Gasteiger partial charge >= 0.3 is 0 Å². The van der Waals surface area contributed by atoms with Gasteiger partial charge in [-0.2, -0.15) is 4.31 Å². The number of hydrogen-bond acceptors (Lipinski definition) is 5. The summed E-state index contributed by atoms with van der Waals surface area (Å²) < 4.78 is 27.4. The predicted molar refractivity (Wildman–Crippen MR) is 115 cm³/mol. The van der Waals surface area contributed by atoms with E-state index >= 15 is 0 Å². The molecule has 3 aromatic rings. The van der Waals surface area contributed by atoms with E-state index in [0.29, 0.717) is 5.69 Å². The molecule has 3 aromatic carbocycles. The first-order chi connectivity index (χ1) is 13.8. The molecule has 0 atom stereocenters. The molecule has 0 aliphatic rings. The Bertz CT molecular complexity index is 1130. The molecule has 0 unspecified atom stereocenters. The highest BCUT2D eigenvalue weighted by molar-refractivity contribution is 7.93. The summed E-state index contributed by atoms with van der Waals surface area (Å²) in [5.41, 5.74) is 6.24. The van der Waals surface area contributed by atoms with Crippen molar-refractivity contribution < 1.29 is 18.3 Å². The van der Waals surface area contributed by atoms with E-state index in [1.807, 2.05) is 0 Å². The predicted octanol–water partition coefficient (Wildman–Crippen LogP) is 3.08. The summed E-state index contributed by atoms with van der Waals surface area (Å²) in [6.45, 7) is 0. The maximum Gasteiger partial charge on any atom is 0.272 e. The van der Waals surface area contributed by atoms with Crippen LogP contribution in [-0.4, -0.2) is 24.5 Å². The summed E-state index contributed by atoms with van der Waals surface area (Å²) in [6, 6.07) is 19.1. The van der Waals surface area contributed by atoms with E-state index in [9.17, 15) is 18.3 Å². The Kier molecular flexibility index (Phi) is 5.81. The van der Waals surface area contributed by atoms with Gasteiger partial charge < -0.3 is 16.2 Å². The van der Waals surface area contributed by atoms with Crippen LogP contribution < -0.4 is 15.4 Å². The standard InChI is InChI=1S/C20H17N3O4S2/c21-20(28)22-15-8-12-18(13-9-15)29(26,27)23(16-4-2-1-3-5-16)19(25)14-6-10-17(24)11-7-14/h1-13,24H,(H3,21,22,28). The lowest BCUT2D eigenvalue weighted by Gasteiger charge is -2.23. The number of hydrogen-bond donors (Lipinski definition) is 3. The minimum Gasteiger partial charge on any atom is -0.508 e. The number of nitrogens with zero attached hydrogens (tertiary/aromatic N) is 1. The van der Waals surface area contributed by atoms with Crippen LogP contribution in [-0.2, 0) is 10.0 Å². The number of para-hydroxylation sites is 1. The molecular weight excluding hydrogens is 410 g/mol. The van der Waals surface area contributed by atoms with Gasteiger partial charge in [0.15, 0.2) is 5.11 Å². The minimum absolute atomic E-state index is 0.0309. The van der Waals surface area contributed by atoms with E-state index in [1.165, 1.54) is 60.7 Å². The molecule has 4 N–H and O–H groups in total. The third-order valence-electron chi connectivity index (χ3n) is 3.95. The van der Waals surface area contributed by atoms with Gasteiger partial charge in [0, 0.05) is 11.3 Å². The fourth-order valence-corrected chi connectivity index (χ4v) is 4.14. The van der Waals surface area contributed by atoms with E-state index in [1.54, 1.807) is 18.2 Å². The Labute approximate surface area is 173 Å². The summed E-state index contributed by atoms with van der Waals surface area (Å²) in [5.74, 6) is -0.780. The van der Waals surface area contributed by atoms with Gasteiger partial charge in [0.2, 0.25) is 0 Å². The Morgan fingerprint density at radius 2 is 1.52 bits per heavy atom. The molecule has 0 saturated carbocycles. The first-order valence-electron chi connectivity index (χ1n) is 8.39. The lowest BCUT2D eigenvalue weighted by molar-refractivity contribution is 0.101. The second kappa shape index (κ2) is 8.29. The third-order valence-corrected chi connectivity index (χ3v) is 5.78. The zero-order valence-electron chi connectivity index (χ0n) is 15.0. The van der Waals surface area contributed by atoms with E-state index in [-0.39, 0.29) is 27.0 Å². The van der Waals surface area contributed by atoms with Crippen LogP contribution in [0, 0.1) is 0 Å². The molecule has 9 heteroatoms. The van der Waals surface area contributed by atoms with Gasteiger partial charge in [-0.3, -0.25) is 4.79 Å². The number of anilines is 2. The molecule has 0 radical (unpaired) electrons. The molecule has 3 rings (SSSR count). The third kappa shape index (κ3) is 4.53. The van der Waals surface area contributed by atoms with Crippen molar-refractivity contribution >= 4 is 44.6 Å². The number of nitrogens with two attached hydrogens (primary N) is 1.